The number of likely N-dealkylation sites (tertiary alicyclic amines) is 1. The smallest absolute Gasteiger partial charge is 0.270 e. The van der Waals surface area contributed by atoms with Crippen molar-refractivity contribution in [2.75, 3.05) is 31.5 Å². The fraction of sp³-hybridized carbons (Fsp3) is 0.308. The van der Waals surface area contributed by atoms with Gasteiger partial charge in [0.2, 0.25) is 0 Å². The average Bonchev–Trinajstić information content (AvgIpc) is 3.32. The number of rotatable bonds is 8. The first kappa shape index (κ1) is 25.1. The quantitative estimate of drug-likeness (QED) is 0.446. The number of nitrogens with two attached hydrogens (primary N) is 1. The van der Waals surface area contributed by atoms with Crippen molar-refractivity contribution in [3.05, 3.63) is 77.6 Å². The van der Waals surface area contributed by atoms with E-state index in [-0.39, 0.29) is 17.3 Å². The van der Waals surface area contributed by atoms with Crippen LogP contribution in [0.25, 0.3) is 5.69 Å². The van der Waals surface area contributed by atoms with Crippen LogP contribution >= 0.6 is 0 Å². The summed E-state index contributed by atoms with van der Waals surface area (Å²) in [7, 11) is 0. The fourth-order valence-electron chi connectivity index (χ4n) is 4.15. The molecule has 0 aliphatic carbocycles. The van der Waals surface area contributed by atoms with Crippen LogP contribution in [0.15, 0.2) is 54.9 Å². The second-order valence-corrected chi connectivity index (χ2v) is 8.96. The van der Waals surface area contributed by atoms with Crippen molar-refractivity contribution in [1.82, 2.24) is 19.8 Å². The highest BCUT2D eigenvalue weighted by Crippen LogP contribution is 2.19. The van der Waals surface area contributed by atoms with Gasteiger partial charge < -0.3 is 21.3 Å². The molecule has 3 aromatic rings. The van der Waals surface area contributed by atoms with E-state index in [0.29, 0.717) is 23.5 Å². The van der Waals surface area contributed by atoms with E-state index in [1.54, 1.807) is 24.3 Å². The van der Waals surface area contributed by atoms with Crippen LogP contribution in [0, 0.1) is 11.7 Å². The van der Waals surface area contributed by atoms with Gasteiger partial charge in [-0.05, 0) is 80.4 Å². The summed E-state index contributed by atoms with van der Waals surface area (Å²) >= 11 is 0. The number of halogens is 1. The molecule has 0 spiro atoms. The summed E-state index contributed by atoms with van der Waals surface area (Å²) in [4.78, 5) is 43.7. The summed E-state index contributed by atoms with van der Waals surface area (Å²) in [6, 6.07) is 11.9. The average molecular weight is 493 g/mol. The van der Waals surface area contributed by atoms with Crippen molar-refractivity contribution in [2.24, 2.45) is 11.7 Å². The molecule has 1 fully saturated rings. The van der Waals surface area contributed by atoms with Crippen LogP contribution in [0.5, 0.6) is 0 Å². The van der Waals surface area contributed by atoms with Gasteiger partial charge in [0.1, 0.15) is 17.8 Å². The lowest BCUT2D eigenvalue weighted by Crippen LogP contribution is -2.39. The Balaban J connectivity index is 1.45. The first-order valence-electron chi connectivity index (χ1n) is 11.9. The minimum absolute atomic E-state index is 0.0536. The number of imidazole rings is 1. The number of primary amides is 1. The number of carbonyl (C=O) groups is 3. The molecular weight excluding hydrogens is 463 g/mol. The van der Waals surface area contributed by atoms with Gasteiger partial charge >= 0.3 is 0 Å². The number of nitrogens with zero attached hydrogens (tertiary/aromatic N) is 3. The third kappa shape index (κ3) is 5.95. The zero-order chi connectivity index (χ0) is 25.7. The number of benzene rings is 2. The first-order valence-corrected chi connectivity index (χ1v) is 11.9. The van der Waals surface area contributed by atoms with Crippen LogP contribution in [0.2, 0.25) is 0 Å². The van der Waals surface area contributed by atoms with Gasteiger partial charge in [-0.1, -0.05) is 6.92 Å². The summed E-state index contributed by atoms with van der Waals surface area (Å²) in [6.45, 7) is 5.42. The predicted molar refractivity (Wildman–Crippen MR) is 134 cm³/mol. The third-order valence-corrected chi connectivity index (χ3v) is 6.32. The minimum atomic E-state index is -0.799. The summed E-state index contributed by atoms with van der Waals surface area (Å²) in [5, 5.41) is 5.61. The van der Waals surface area contributed by atoms with Crippen molar-refractivity contribution in [1.29, 1.82) is 0 Å². The van der Waals surface area contributed by atoms with Crippen LogP contribution in [0.4, 0.5) is 10.1 Å². The molecule has 1 aliphatic heterocycles. The van der Waals surface area contributed by atoms with Crippen molar-refractivity contribution < 1.29 is 18.8 Å². The van der Waals surface area contributed by atoms with E-state index in [4.69, 9.17) is 5.73 Å². The largest absolute Gasteiger partial charge is 0.364 e. The Kier molecular flexibility index (Phi) is 7.74. The van der Waals surface area contributed by atoms with Gasteiger partial charge in [0.05, 0.1) is 0 Å². The maximum Gasteiger partial charge on any atom is 0.270 e. The Bertz CT molecular complexity index is 1230. The lowest BCUT2D eigenvalue weighted by Gasteiger charge is -2.30. The molecule has 36 heavy (non-hydrogen) atoms. The monoisotopic (exact) mass is 492 g/mol. The Morgan fingerprint density at radius 3 is 2.33 bits per heavy atom. The number of hydrogen-bond acceptors (Lipinski definition) is 5. The zero-order valence-electron chi connectivity index (χ0n) is 20.0. The van der Waals surface area contributed by atoms with Crippen molar-refractivity contribution >= 4 is 23.4 Å². The number of carbonyl (C=O) groups excluding carboxylic acids is 3. The molecule has 0 atom stereocenters. The van der Waals surface area contributed by atoms with E-state index in [2.05, 4.69) is 27.4 Å². The number of anilines is 1. The SMILES string of the molecule is CC1CCN(CCNC(=O)c2c(C(N)=O)ncn2-c2ccc(NC(=O)c3ccc(F)cc3)cc2)CC1. The van der Waals surface area contributed by atoms with Gasteiger partial charge in [-0.15, -0.1) is 0 Å². The third-order valence-electron chi connectivity index (χ3n) is 6.32. The predicted octanol–water partition coefficient (Wildman–Crippen LogP) is 2.82. The highest BCUT2D eigenvalue weighted by Gasteiger charge is 2.23. The van der Waals surface area contributed by atoms with Gasteiger partial charge in [0.25, 0.3) is 17.7 Å². The number of nitrogens with one attached hydrogen (secondary N) is 2. The molecule has 2 heterocycles. The molecular formula is C26H29FN6O3. The normalized spacial score (nSPS) is 14.4. The van der Waals surface area contributed by atoms with E-state index in [9.17, 15) is 18.8 Å². The number of piperidine rings is 1. The van der Waals surface area contributed by atoms with Crippen LogP contribution < -0.4 is 16.4 Å². The Labute approximate surface area is 208 Å². The van der Waals surface area contributed by atoms with Gasteiger partial charge in [0, 0.05) is 30.0 Å². The van der Waals surface area contributed by atoms with Crippen molar-refractivity contribution in [2.45, 2.75) is 19.8 Å². The second-order valence-electron chi connectivity index (χ2n) is 8.96. The van der Waals surface area contributed by atoms with E-state index < -0.39 is 17.6 Å². The van der Waals surface area contributed by atoms with E-state index in [1.807, 2.05) is 0 Å². The number of hydrogen-bond donors (Lipinski definition) is 3. The highest BCUT2D eigenvalue weighted by molar-refractivity contribution is 6.05. The fourth-order valence-corrected chi connectivity index (χ4v) is 4.15. The summed E-state index contributed by atoms with van der Waals surface area (Å²) in [5.74, 6) is -1.32. The Hall–Kier alpha value is -4.05. The minimum Gasteiger partial charge on any atom is -0.364 e. The molecule has 4 rings (SSSR count). The molecule has 1 aromatic heterocycles. The molecule has 9 nitrogen and oxygen atoms in total. The maximum atomic E-state index is 13.1. The van der Waals surface area contributed by atoms with Crippen LogP contribution in [-0.2, 0) is 0 Å². The van der Waals surface area contributed by atoms with Crippen LogP contribution in [-0.4, -0.2) is 58.4 Å². The molecule has 4 N–H and O–H groups in total. The second kappa shape index (κ2) is 11.1. The lowest BCUT2D eigenvalue weighted by atomic mass is 9.99. The Morgan fingerprint density at radius 2 is 1.69 bits per heavy atom. The molecule has 0 bridgehead atoms. The number of amides is 3. The van der Waals surface area contributed by atoms with E-state index >= 15 is 0 Å². The zero-order valence-corrected chi connectivity index (χ0v) is 20.0. The molecule has 0 radical (unpaired) electrons. The maximum absolute atomic E-state index is 13.1. The van der Waals surface area contributed by atoms with Crippen LogP contribution in [0.1, 0.15) is 51.1 Å². The molecule has 2 aromatic carbocycles. The highest BCUT2D eigenvalue weighted by atomic mass is 19.1. The van der Waals surface area contributed by atoms with Crippen molar-refractivity contribution in [3.8, 4) is 5.69 Å². The van der Waals surface area contributed by atoms with Crippen molar-refractivity contribution in [3.63, 3.8) is 0 Å². The number of aromatic nitrogens is 2. The molecule has 3 amide bonds. The molecule has 188 valence electrons. The Morgan fingerprint density at radius 1 is 1.03 bits per heavy atom. The molecule has 0 saturated carbocycles. The van der Waals surface area contributed by atoms with E-state index in [0.717, 1.165) is 38.4 Å². The van der Waals surface area contributed by atoms with Gasteiger partial charge in [-0.2, -0.15) is 0 Å². The van der Waals surface area contributed by atoms with Gasteiger partial charge in [-0.25, -0.2) is 9.37 Å². The van der Waals surface area contributed by atoms with Crippen LogP contribution in [0.3, 0.4) is 0 Å². The first-order chi connectivity index (χ1) is 17.3. The topological polar surface area (TPSA) is 122 Å². The molecule has 1 saturated heterocycles. The standard InChI is InChI=1S/C26H29FN6O3/c1-17-10-13-32(14-11-17)15-12-29-26(36)23-22(24(28)34)30-16-33(23)21-8-6-20(7-9-21)31-25(35)18-2-4-19(27)5-3-18/h2-9,16-17H,10-15H2,1H3,(H2,28,34)(H,29,36)(H,31,35). The molecule has 0 unspecified atom stereocenters. The summed E-state index contributed by atoms with van der Waals surface area (Å²) in [5.41, 5.74) is 6.79. The van der Waals surface area contributed by atoms with E-state index in [1.165, 1.54) is 35.2 Å². The van der Waals surface area contributed by atoms with Gasteiger partial charge in [0.15, 0.2) is 5.69 Å². The van der Waals surface area contributed by atoms with Gasteiger partial charge in [-0.3, -0.25) is 19.0 Å². The summed E-state index contributed by atoms with van der Waals surface area (Å²) < 4.78 is 14.6. The summed E-state index contributed by atoms with van der Waals surface area (Å²) in [6.07, 6.45) is 3.66. The lowest BCUT2D eigenvalue weighted by molar-refractivity contribution is 0.0921. The molecule has 1 aliphatic rings. The molecule has 10 heteroatoms.